The third kappa shape index (κ3) is 8.39. The molecule has 10 heteroatoms. The smallest absolute Gasteiger partial charge is 0.264 e. The normalized spacial score (nSPS) is 11.8. The number of amides is 2. The highest BCUT2D eigenvalue weighted by Gasteiger charge is 2.34. The van der Waals surface area contributed by atoms with Crippen molar-refractivity contribution >= 4 is 39.1 Å². The van der Waals surface area contributed by atoms with Crippen LogP contribution in [0.2, 0.25) is 5.02 Å². The molecule has 44 heavy (non-hydrogen) atoms. The van der Waals surface area contributed by atoms with Gasteiger partial charge in [0.1, 0.15) is 18.3 Å². The first-order chi connectivity index (χ1) is 21.2. The Morgan fingerprint density at radius 1 is 0.818 bits per heavy atom. The molecule has 0 aromatic heterocycles. The Morgan fingerprint density at radius 2 is 1.41 bits per heavy atom. The number of halogens is 1. The van der Waals surface area contributed by atoms with E-state index in [0.717, 1.165) is 15.4 Å². The highest BCUT2D eigenvalue weighted by Crippen LogP contribution is 2.27. The second kappa shape index (κ2) is 15.4. The summed E-state index contributed by atoms with van der Waals surface area (Å²) in [6, 6.07) is 30.1. The molecular weight excluding hydrogens is 598 g/mol. The van der Waals surface area contributed by atoms with Crippen LogP contribution in [-0.4, -0.2) is 50.9 Å². The average molecular weight is 634 g/mol. The molecule has 8 nitrogen and oxygen atoms in total. The summed E-state index contributed by atoms with van der Waals surface area (Å²) in [5.74, 6) is -0.294. The maximum absolute atomic E-state index is 14.4. The Hall–Kier alpha value is -4.34. The fourth-order valence-electron chi connectivity index (χ4n) is 4.76. The Kier molecular flexibility index (Phi) is 11.4. The van der Waals surface area contributed by atoms with Crippen LogP contribution < -0.4 is 14.4 Å². The predicted molar refractivity (Wildman–Crippen MR) is 173 cm³/mol. The van der Waals surface area contributed by atoms with E-state index in [1.807, 2.05) is 74.5 Å². The summed E-state index contributed by atoms with van der Waals surface area (Å²) in [5, 5.41) is 3.24. The molecule has 0 fully saturated rings. The van der Waals surface area contributed by atoms with Gasteiger partial charge in [-0.1, -0.05) is 72.3 Å². The lowest BCUT2D eigenvalue weighted by Crippen LogP contribution is -2.53. The topological polar surface area (TPSA) is 96.0 Å². The Morgan fingerprint density at radius 3 is 1.98 bits per heavy atom. The SMILES string of the molecule is CCNC(=O)[C@H](Cc1ccccc1)N(Cc1ccccc1)C(=O)CN(c1ccc(OCC)cc1)S(=O)(=O)c1ccc(Cl)cc1. The molecule has 1 atom stereocenters. The van der Waals surface area contributed by atoms with Gasteiger partial charge >= 0.3 is 0 Å². The molecular formula is C34H36ClN3O5S. The van der Waals surface area contributed by atoms with Crippen molar-refractivity contribution in [2.45, 2.75) is 37.8 Å². The first-order valence-corrected chi connectivity index (χ1v) is 16.2. The van der Waals surface area contributed by atoms with E-state index >= 15 is 0 Å². The van der Waals surface area contributed by atoms with E-state index in [2.05, 4.69) is 5.32 Å². The number of anilines is 1. The molecule has 0 aliphatic carbocycles. The van der Waals surface area contributed by atoms with Crippen LogP contribution in [0.4, 0.5) is 5.69 Å². The summed E-state index contributed by atoms with van der Waals surface area (Å²) in [5.41, 5.74) is 1.94. The van der Waals surface area contributed by atoms with Crippen LogP contribution in [0.1, 0.15) is 25.0 Å². The number of carbonyl (C=O) groups excluding carboxylic acids is 2. The van der Waals surface area contributed by atoms with Crippen LogP contribution in [0, 0.1) is 0 Å². The second-order valence-electron chi connectivity index (χ2n) is 10.00. The van der Waals surface area contributed by atoms with Crippen molar-refractivity contribution in [3.63, 3.8) is 0 Å². The third-order valence-electron chi connectivity index (χ3n) is 6.93. The first kappa shape index (κ1) is 32.6. The molecule has 4 aromatic rings. The van der Waals surface area contributed by atoms with Gasteiger partial charge in [0.15, 0.2) is 0 Å². The number of sulfonamides is 1. The average Bonchev–Trinajstić information content (AvgIpc) is 3.03. The van der Waals surface area contributed by atoms with Gasteiger partial charge in [-0.05, 0) is 73.5 Å². The fourth-order valence-corrected chi connectivity index (χ4v) is 6.30. The van der Waals surface area contributed by atoms with Crippen molar-refractivity contribution in [2.24, 2.45) is 0 Å². The van der Waals surface area contributed by atoms with Crippen molar-refractivity contribution in [1.29, 1.82) is 0 Å². The number of rotatable bonds is 14. The molecule has 1 N–H and O–H groups in total. The van der Waals surface area contributed by atoms with Gasteiger partial charge in [0.2, 0.25) is 11.8 Å². The first-order valence-electron chi connectivity index (χ1n) is 14.4. The molecule has 4 rings (SSSR count). The zero-order valence-electron chi connectivity index (χ0n) is 24.7. The number of nitrogens with zero attached hydrogens (tertiary/aromatic N) is 2. The summed E-state index contributed by atoms with van der Waals surface area (Å²) in [6.07, 6.45) is 0.248. The maximum atomic E-state index is 14.4. The van der Waals surface area contributed by atoms with E-state index in [-0.39, 0.29) is 29.5 Å². The number of likely N-dealkylation sites (N-methyl/N-ethyl adjacent to an activating group) is 1. The minimum absolute atomic E-state index is 0.0252. The lowest BCUT2D eigenvalue weighted by atomic mass is 10.0. The highest BCUT2D eigenvalue weighted by atomic mass is 35.5. The van der Waals surface area contributed by atoms with Crippen molar-refractivity contribution < 1.29 is 22.7 Å². The van der Waals surface area contributed by atoms with Crippen molar-refractivity contribution in [2.75, 3.05) is 24.0 Å². The molecule has 0 spiro atoms. The summed E-state index contributed by atoms with van der Waals surface area (Å²) in [6.45, 7) is 4.05. The quantitative estimate of drug-likeness (QED) is 0.192. The Bertz CT molecular complexity index is 1620. The third-order valence-corrected chi connectivity index (χ3v) is 8.97. The van der Waals surface area contributed by atoms with E-state index < -0.39 is 28.5 Å². The monoisotopic (exact) mass is 633 g/mol. The van der Waals surface area contributed by atoms with Gasteiger partial charge in [-0.3, -0.25) is 13.9 Å². The molecule has 0 saturated carbocycles. The molecule has 0 radical (unpaired) electrons. The number of carbonyl (C=O) groups is 2. The molecule has 230 valence electrons. The number of benzene rings is 4. The molecule has 2 amide bonds. The predicted octanol–water partition coefficient (Wildman–Crippen LogP) is 5.71. The van der Waals surface area contributed by atoms with E-state index in [1.165, 1.54) is 29.2 Å². The Labute approximate surface area is 264 Å². The zero-order valence-corrected chi connectivity index (χ0v) is 26.3. The molecule has 0 unspecified atom stereocenters. The summed E-state index contributed by atoms with van der Waals surface area (Å²) in [4.78, 5) is 29.3. The number of nitrogens with one attached hydrogen (secondary N) is 1. The van der Waals surface area contributed by atoms with Crippen molar-refractivity contribution in [1.82, 2.24) is 10.2 Å². The highest BCUT2D eigenvalue weighted by molar-refractivity contribution is 7.92. The fraction of sp³-hybridized carbons (Fsp3) is 0.235. The van der Waals surface area contributed by atoms with Gasteiger partial charge in [0.25, 0.3) is 10.0 Å². The van der Waals surface area contributed by atoms with Crippen LogP contribution in [0.25, 0.3) is 0 Å². The summed E-state index contributed by atoms with van der Waals surface area (Å²) < 4.78 is 34.7. The molecule has 0 aliphatic heterocycles. The molecule has 4 aromatic carbocycles. The van der Waals surface area contributed by atoms with E-state index in [9.17, 15) is 18.0 Å². The van der Waals surface area contributed by atoms with Gasteiger partial charge in [0, 0.05) is 24.5 Å². The van der Waals surface area contributed by atoms with Crippen LogP contribution >= 0.6 is 11.6 Å². The molecule has 0 bridgehead atoms. The van der Waals surface area contributed by atoms with Gasteiger partial charge in [-0.2, -0.15) is 0 Å². The van der Waals surface area contributed by atoms with Crippen molar-refractivity contribution in [3.05, 3.63) is 125 Å². The standard InChI is InChI=1S/C34H36ClN3O5S/c1-3-36-34(40)32(23-26-11-7-5-8-12-26)37(24-27-13-9-6-10-14-27)33(39)25-38(29-17-19-30(20-18-29)43-4-2)44(41,42)31-21-15-28(35)16-22-31/h5-22,32H,3-4,23-25H2,1-2H3,(H,36,40)/t32-/m0/s1. The zero-order chi connectivity index (χ0) is 31.5. The molecule has 0 aliphatic rings. The van der Waals surface area contributed by atoms with Gasteiger partial charge < -0.3 is 15.0 Å². The minimum Gasteiger partial charge on any atom is -0.494 e. The van der Waals surface area contributed by atoms with E-state index in [0.29, 0.717) is 23.9 Å². The van der Waals surface area contributed by atoms with Crippen molar-refractivity contribution in [3.8, 4) is 5.75 Å². The van der Waals surface area contributed by atoms with Gasteiger partial charge in [-0.15, -0.1) is 0 Å². The molecule has 0 saturated heterocycles. The maximum Gasteiger partial charge on any atom is 0.264 e. The summed E-state index contributed by atoms with van der Waals surface area (Å²) >= 11 is 6.04. The number of hydrogen-bond donors (Lipinski definition) is 1. The van der Waals surface area contributed by atoms with Gasteiger partial charge in [0.05, 0.1) is 17.2 Å². The molecule has 0 heterocycles. The summed E-state index contributed by atoms with van der Waals surface area (Å²) in [7, 11) is -4.23. The van der Waals surface area contributed by atoms with E-state index in [1.54, 1.807) is 24.3 Å². The lowest BCUT2D eigenvalue weighted by molar-refractivity contribution is -0.140. The number of hydrogen-bond acceptors (Lipinski definition) is 5. The lowest BCUT2D eigenvalue weighted by Gasteiger charge is -2.33. The second-order valence-corrected chi connectivity index (χ2v) is 12.3. The van der Waals surface area contributed by atoms with Crippen LogP contribution in [0.3, 0.4) is 0 Å². The minimum atomic E-state index is -4.23. The van der Waals surface area contributed by atoms with Gasteiger partial charge in [-0.25, -0.2) is 8.42 Å². The Balaban J connectivity index is 1.78. The van der Waals surface area contributed by atoms with Crippen LogP contribution in [0.15, 0.2) is 114 Å². The van der Waals surface area contributed by atoms with E-state index in [4.69, 9.17) is 16.3 Å². The van der Waals surface area contributed by atoms with Crippen LogP contribution in [-0.2, 0) is 32.6 Å². The van der Waals surface area contributed by atoms with Crippen LogP contribution in [0.5, 0.6) is 5.75 Å². The largest absolute Gasteiger partial charge is 0.494 e. The number of ether oxygens (including phenoxy) is 1.